The van der Waals surface area contributed by atoms with Crippen molar-refractivity contribution in [3.63, 3.8) is 0 Å². The highest BCUT2D eigenvalue weighted by Gasteiger charge is 2.13. The van der Waals surface area contributed by atoms with E-state index in [1.165, 1.54) is 0 Å². The zero-order valence-electron chi connectivity index (χ0n) is 13.8. The molecule has 0 atom stereocenters. The zero-order valence-corrected chi connectivity index (χ0v) is 13.8. The van der Waals surface area contributed by atoms with Crippen LogP contribution in [0.3, 0.4) is 0 Å². The SMILES string of the molecule is COc1cc(/C=C(/c2ccc(O)cc2)C2C=CC=C2)cc(OC)c1. The summed E-state index contributed by atoms with van der Waals surface area (Å²) in [6.45, 7) is 0. The van der Waals surface area contributed by atoms with E-state index in [1.54, 1.807) is 26.4 Å². The summed E-state index contributed by atoms with van der Waals surface area (Å²) in [4.78, 5) is 0. The van der Waals surface area contributed by atoms with Gasteiger partial charge in [-0.05, 0) is 47.0 Å². The van der Waals surface area contributed by atoms with E-state index in [9.17, 15) is 5.11 Å². The van der Waals surface area contributed by atoms with Gasteiger partial charge in [-0.1, -0.05) is 36.4 Å². The average molecular weight is 320 g/mol. The summed E-state index contributed by atoms with van der Waals surface area (Å²) in [6.07, 6.45) is 10.5. The first kappa shape index (κ1) is 15.9. The molecule has 0 bridgehead atoms. The lowest BCUT2D eigenvalue weighted by Gasteiger charge is -2.14. The summed E-state index contributed by atoms with van der Waals surface area (Å²) in [7, 11) is 3.29. The molecular weight excluding hydrogens is 300 g/mol. The van der Waals surface area contributed by atoms with Crippen molar-refractivity contribution in [1.82, 2.24) is 0 Å². The number of methoxy groups -OCH3 is 2. The fraction of sp³-hybridized carbons (Fsp3) is 0.143. The van der Waals surface area contributed by atoms with Crippen LogP contribution in [0.2, 0.25) is 0 Å². The van der Waals surface area contributed by atoms with Gasteiger partial charge in [0, 0.05) is 12.0 Å². The van der Waals surface area contributed by atoms with Gasteiger partial charge in [-0.25, -0.2) is 0 Å². The molecule has 0 unspecified atom stereocenters. The van der Waals surface area contributed by atoms with Crippen LogP contribution in [0, 0.1) is 5.92 Å². The second-order valence-corrected chi connectivity index (χ2v) is 5.59. The molecule has 0 fully saturated rings. The van der Waals surface area contributed by atoms with E-state index in [4.69, 9.17) is 9.47 Å². The molecule has 0 amide bonds. The molecule has 0 radical (unpaired) electrons. The first-order valence-corrected chi connectivity index (χ1v) is 7.78. The molecule has 0 saturated carbocycles. The van der Waals surface area contributed by atoms with Gasteiger partial charge >= 0.3 is 0 Å². The number of hydrogen-bond donors (Lipinski definition) is 1. The van der Waals surface area contributed by atoms with Crippen LogP contribution in [-0.4, -0.2) is 19.3 Å². The average Bonchev–Trinajstić information content (AvgIpc) is 3.14. The van der Waals surface area contributed by atoms with Crippen LogP contribution >= 0.6 is 0 Å². The van der Waals surface area contributed by atoms with Crippen molar-refractivity contribution in [1.29, 1.82) is 0 Å². The molecule has 0 aromatic heterocycles. The Balaban J connectivity index is 2.08. The Kier molecular flexibility index (Phi) is 4.71. The molecule has 2 aromatic carbocycles. The Morgan fingerprint density at radius 1 is 0.917 bits per heavy atom. The summed E-state index contributed by atoms with van der Waals surface area (Å²) in [5, 5.41) is 9.55. The van der Waals surface area contributed by atoms with Crippen LogP contribution in [0.4, 0.5) is 0 Å². The van der Waals surface area contributed by atoms with Gasteiger partial charge in [0.25, 0.3) is 0 Å². The van der Waals surface area contributed by atoms with E-state index < -0.39 is 0 Å². The minimum absolute atomic E-state index is 0.201. The van der Waals surface area contributed by atoms with E-state index in [1.807, 2.05) is 42.5 Å². The molecule has 122 valence electrons. The summed E-state index contributed by atoms with van der Waals surface area (Å²) in [6, 6.07) is 13.1. The van der Waals surface area contributed by atoms with E-state index in [-0.39, 0.29) is 11.7 Å². The van der Waals surface area contributed by atoms with Gasteiger partial charge < -0.3 is 14.6 Å². The van der Waals surface area contributed by atoms with Crippen molar-refractivity contribution in [3.05, 3.63) is 77.9 Å². The Morgan fingerprint density at radius 2 is 1.50 bits per heavy atom. The first-order valence-electron chi connectivity index (χ1n) is 7.78. The molecular formula is C21H20O3. The lowest BCUT2D eigenvalue weighted by atomic mass is 9.91. The lowest BCUT2D eigenvalue weighted by molar-refractivity contribution is 0.394. The molecule has 1 aliphatic rings. The van der Waals surface area contributed by atoms with Gasteiger partial charge in [-0.15, -0.1) is 0 Å². The molecule has 3 nitrogen and oxygen atoms in total. The number of ether oxygens (including phenoxy) is 2. The molecule has 1 N–H and O–H groups in total. The smallest absolute Gasteiger partial charge is 0.123 e. The molecule has 1 aliphatic carbocycles. The van der Waals surface area contributed by atoms with Crippen LogP contribution in [0.25, 0.3) is 11.6 Å². The van der Waals surface area contributed by atoms with Crippen molar-refractivity contribution in [2.24, 2.45) is 5.92 Å². The second-order valence-electron chi connectivity index (χ2n) is 5.59. The lowest BCUT2D eigenvalue weighted by Crippen LogP contribution is -1.96. The predicted octanol–water partition coefficient (Wildman–Crippen LogP) is 4.69. The van der Waals surface area contributed by atoms with Crippen LogP contribution in [0.15, 0.2) is 66.8 Å². The van der Waals surface area contributed by atoms with Gasteiger partial charge in [0.15, 0.2) is 0 Å². The number of hydrogen-bond acceptors (Lipinski definition) is 3. The van der Waals surface area contributed by atoms with Gasteiger partial charge in [-0.3, -0.25) is 0 Å². The summed E-state index contributed by atoms with van der Waals surface area (Å²) in [5.41, 5.74) is 3.22. The van der Waals surface area contributed by atoms with Crippen molar-refractivity contribution in [3.8, 4) is 17.2 Å². The molecule has 24 heavy (non-hydrogen) atoms. The van der Waals surface area contributed by atoms with Crippen molar-refractivity contribution < 1.29 is 14.6 Å². The highest BCUT2D eigenvalue weighted by Crippen LogP contribution is 2.33. The molecule has 0 saturated heterocycles. The summed E-state index contributed by atoms with van der Waals surface area (Å²) < 4.78 is 10.7. The molecule has 0 aliphatic heterocycles. The highest BCUT2D eigenvalue weighted by atomic mass is 16.5. The molecule has 2 aromatic rings. The largest absolute Gasteiger partial charge is 0.508 e. The van der Waals surface area contributed by atoms with Crippen molar-refractivity contribution in [2.75, 3.05) is 14.2 Å². The van der Waals surface area contributed by atoms with Crippen LogP contribution < -0.4 is 9.47 Å². The van der Waals surface area contributed by atoms with Crippen LogP contribution in [0.5, 0.6) is 17.2 Å². The third kappa shape index (κ3) is 3.51. The predicted molar refractivity (Wildman–Crippen MR) is 97.3 cm³/mol. The molecule has 0 heterocycles. The number of aromatic hydroxyl groups is 1. The summed E-state index contributed by atoms with van der Waals surface area (Å²) >= 11 is 0. The Labute approximate surface area is 142 Å². The maximum Gasteiger partial charge on any atom is 0.123 e. The molecule has 0 spiro atoms. The minimum Gasteiger partial charge on any atom is -0.508 e. The maximum atomic E-state index is 9.55. The third-order valence-corrected chi connectivity index (χ3v) is 4.00. The van der Waals surface area contributed by atoms with Crippen LogP contribution in [-0.2, 0) is 0 Å². The van der Waals surface area contributed by atoms with Gasteiger partial charge in [0.1, 0.15) is 17.2 Å². The monoisotopic (exact) mass is 320 g/mol. The van der Waals surface area contributed by atoms with Gasteiger partial charge in [-0.2, -0.15) is 0 Å². The normalized spacial score (nSPS) is 14.2. The first-order chi connectivity index (χ1) is 11.7. The Hall–Kier alpha value is -2.94. The highest BCUT2D eigenvalue weighted by molar-refractivity contribution is 5.85. The number of allylic oxidation sites excluding steroid dienone is 5. The van der Waals surface area contributed by atoms with Gasteiger partial charge in [0.05, 0.1) is 14.2 Å². The van der Waals surface area contributed by atoms with E-state index in [2.05, 4.69) is 18.2 Å². The number of phenolic OH excluding ortho intramolecular Hbond substituents is 1. The quantitative estimate of drug-likeness (QED) is 0.812. The number of benzene rings is 2. The topological polar surface area (TPSA) is 38.7 Å². The Morgan fingerprint density at radius 3 is 2.04 bits per heavy atom. The van der Waals surface area contributed by atoms with Gasteiger partial charge in [0.2, 0.25) is 0 Å². The third-order valence-electron chi connectivity index (χ3n) is 4.00. The number of rotatable bonds is 5. The van der Waals surface area contributed by atoms with Crippen LogP contribution in [0.1, 0.15) is 11.1 Å². The molecule has 3 heteroatoms. The summed E-state index contributed by atoms with van der Waals surface area (Å²) in [5.74, 6) is 1.97. The van der Waals surface area contributed by atoms with E-state index in [0.29, 0.717) is 0 Å². The van der Waals surface area contributed by atoms with E-state index in [0.717, 1.165) is 28.2 Å². The minimum atomic E-state index is 0.201. The van der Waals surface area contributed by atoms with Crippen molar-refractivity contribution in [2.45, 2.75) is 0 Å². The van der Waals surface area contributed by atoms with E-state index >= 15 is 0 Å². The zero-order chi connectivity index (χ0) is 16.9. The maximum absolute atomic E-state index is 9.55. The standard InChI is InChI=1S/C21H20O3/c1-23-19-11-15(12-20(14-19)24-2)13-21(16-5-3-4-6-16)17-7-9-18(22)10-8-17/h3-14,16,22H,1-2H3/b21-13+. The number of phenols is 1. The van der Waals surface area contributed by atoms with Crippen molar-refractivity contribution >= 4 is 11.6 Å². The fourth-order valence-corrected chi connectivity index (χ4v) is 2.76. The second kappa shape index (κ2) is 7.09. The Bertz CT molecular complexity index is 764. The fourth-order valence-electron chi connectivity index (χ4n) is 2.76. The molecule has 3 rings (SSSR count).